The third-order valence-electron chi connectivity index (χ3n) is 2.93. The molecule has 0 saturated heterocycles. The van der Waals surface area contributed by atoms with E-state index in [1.54, 1.807) is 14.7 Å². The highest BCUT2D eigenvalue weighted by Gasteiger charge is 2.17. The highest BCUT2D eigenvalue weighted by atomic mass is 15.4. The van der Waals surface area contributed by atoms with Crippen LogP contribution in [0.5, 0.6) is 0 Å². The fourth-order valence-corrected chi connectivity index (χ4v) is 1.60. The molecule has 1 aromatic heterocycles. The molecule has 0 aromatic carbocycles. The Balaban J connectivity index is 3.30. The first-order valence-electron chi connectivity index (χ1n) is 6.66. The monoisotopic (exact) mass is 299 g/mol. The zero-order valence-electron chi connectivity index (χ0n) is 12.3. The van der Waals surface area contributed by atoms with Gasteiger partial charge in [-0.2, -0.15) is 15.0 Å². The van der Waals surface area contributed by atoms with Crippen molar-refractivity contribution in [3.8, 4) is 0 Å². The quantitative estimate of drug-likeness (QED) is 0.291. The Morgan fingerprint density at radius 1 is 0.619 bits per heavy atom. The van der Waals surface area contributed by atoms with Crippen LogP contribution in [0.3, 0.4) is 0 Å². The molecule has 0 aliphatic heterocycles. The summed E-state index contributed by atoms with van der Waals surface area (Å²) in [5, 5.41) is 0. The molecule has 0 aliphatic rings. The zero-order valence-corrected chi connectivity index (χ0v) is 12.3. The van der Waals surface area contributed by atoms with Crippen molar-refractivity contribution in [2.75, 3.05) is 54.6 Å². The first-order valence-corrected chi connectivity index (χ1v) is 6.66. The van der Waals surface area contributed by atoms with Crippen molar-refractivity contribution >= 4 is 17.8 Å². The van der Waals surface area contributed by atoms with E-state index in [0.717, 1.165) is 0 Å². The maximum absolute atomic E-state index is 5.70. The van der Waals surface area contributed by atoms with Gasteiger partial charge in [0.15, 0.2) is 0 Å². The molecule has 0 amide bonds. The topological polar surface area (TPSA) is 178 Å². The predicted octanol–water partition coefficient (Wildman–Crippen LogP) is -3.11. The minimum atomic E-state index is 0.180. The highest BCUT2D eigenvalue weighted by molar-refractivity contribution is 5.46. The van der Waals surface area contributed by atoms with Crippen LogP contribution in [0.25, 0.3) is 0 Å². The molecule has 0 unspecified atom stereocenters. The van der Waals surface area contributed by atoms with Crippen molar-refractivity contribution in [3.05, 3.63) is 0 Å². The van der Waals surface area contributed by atoms with E-state index in [0.29, 0.717) is 24.4 Å². The highest BCUT2D eigenvalue weighted by Crippen LogP contribution is 2.17. The smallest absolute Gasteiger partial charge is 0.234 e. The minimum absolute atomic E-state index is 0.180. The molecule has 0 aliphatic carbocycles. The molecule has 1 aromatic rings. The van der Waals surface area contributed by atoms with E-state index in [1.165, 1.54) is 0 Å². The number of hydrogen-bond donors (Lipinski definition) is 5. The van der Waals surface area contributed by atoms with E-state index < -0.39 is 0 Å². The Hall–Kier alpha value is -1.79. The molecular weight excluding hydrogens is 274 g/mol. The first-order chi connectivity index (χ1) is 10.1. The van der Waals surface area contributed by atoms with E-state index >= 15 is 0 Å². The van der Waals surface area contributed by atoms with Crippen molar-refractivity contribution in [1.29, 1.82) is 0 Å². The molecule has 0 radical (unpaired) electrons. The molecule has 0 atom stereocenters. The SMILES string of the molecule is CCN(CN)c1nc(N(CN)CN)nc(N(CN)CN)n1. The molecule has 0 bridgehead atoms. The van der Waals surface area contributed by atoms with Gasteiger partial charge in [0.2, 0.25) is 17.8 Å². The maximum Gasteiger partial charge on any atom is 0.234 e. The fourth-order valence-electron chi connectivity index (χ4n) is 1.60. The Morgan fingerprint density at radius 2 is 0.905 bits per heavy atom. The van der Waals surface area contributed by atoms with Gasteiger partial charge in [0.05, 0.1) is 33.3 Å². The average molecular weight is 299 g/mol. The predicted molar refractivity (Wildman–Crippen MR) is 83.1 cm³/mol. The van der Waals surface area contributed by atoms with Crippen LogP contribution in [0, 0.1) is 0 Å². The van der Waals surface area contributed by atoms with E-state index in [2.05, 4.69) is 15.0 Å². The molecule has 11 nitrogen and oxygen atoms in total. The summed E-state index contributed by atoms with van der Waals surface area (Å²) in [6.45, 7) is 3.59. The summed E-state index contributed by atoms with van der Waals surface area (Å²) in [7, 11) is 0. The molecule has 120 valence electrons. The number of anilines is 3. The molecule has 11 heteroatoms. The molecule has 1 heterocycles. The Kier molecular flexibility index (Phi) is 6.98. The summed E-state index contributed by atoms with van der Waals surface area (Å²) in [5.41, 5.74) is 28.3. The number of rotatable bonds is 9. The summed E-state index contributed by atoms with van der Waals surface area (Å²) in [6.07, 6.45) is 0. The molecular formula is C10H25N11. The van der Waals surface area contributed by atoms with Crippen molar-refractivity contribution < 1.29 is 0 Å². The molecule has 10 N–H and O–H groups in total. The largest absolute Gasteiger partial charge is 0.328 e. The average Bonchev–Trinajstić information content (AvgIpc) is 2.51. The van der Waals surface area contributed by atoms with Crippen molar-refractivity contribution in [2.45, 2.75) is 6.92 Å². The number of hydrogen-bond acceptors (Lipinski definition) is 11. The summed E-state index contributed by atoms with van der Waals surface area (Å²) >= 11 is 0. The van der Waals surface area contributed by atoms with E-state index in [-0.39, 0.29) is 33.3 Å². The van der Waals surface area contributed by atoms with Crippen LogP contribution in [0.1, 0.15) is 6.92 Å². The third kappa shape index (κ3) is 4.09. The van der Waals surface area contributed by atoms with Gasteiger partial charge in [-0.1, -0.05) is 0 Å². The second-order valence-electron chi connectivity index (χ2n) is 4.08. The van der Waals surface area contributed by atoms with Crippen LogP contribution in [0.4, 0.5) is 17.8 Å². The molecule has 21 heavy (non-hydrogen) atoms. The van der Waals surface area contributed by atoms with Gasteiger partial charge in [0.1, 0.15) is 0 Å². The zero-order chi connectivity index (χ0) is 15.8. The molecule has 0 fully saturated rings. The van der Waals surface area contributed by atoms with Gasteiger partial charge in [-0.3, -0.25) is 0 Å². The Bertz CT molecular complexity index is 339. The van der Waals surface area contributed by atoms with Crippen LogP contribution in [-0.2, 0) is 0 Å². The lowest BCUT2D eigenvalue weighted by Gasteiger charge is -2.25. The lowest BCUT2D eigenvalue weighted by Crippen LogP contribution is -2.40. The standard InChI is InChI=1S/C10H25N11/c1-2-19(3-11)8-16-9(20(4-12)5-13)18-10(17-8)21(6-14)7-15/h2-7,11-15H2,1H3. The lowest BCUT2D eigenvalue weighted by atomic mass is 10.6. The summed E-state index contributed by atoms with van der Waals surface area (Å²) < 4.78 is 0. The van der Waals surface area contributed by atoms with Crippen LogP contribution < -0.4 is 43.4 Å². The summed E-state index contributed by atoms with van der Waals surface area (Å²) in [4.78, 5) is 18.0. The van der Waals surface area contributed by atoms with Gasteiger partial charge in [-0.05, 0) is 6.92 Å². The summed E-state index contributed by atoms with van der Waals surface area (Å²) in [5.74, 6) is 1.15. The Labute approximate surface area is 124 Å². The molecule has 0 spiro atoms. The van der Waals surface area contributed by atoms with Crippen LogP contribution in [0.15, 0.2) is 0 Å². The first kappa shape index (κ1) is 17.3. The van der Waals surface area contributed by atoms with Gasteiger partial charge in [-0.25, -0.2) is 0 Å². The van der Waals surface area contributed by atoms with Crippen LogP contribution in [-0.4, -0.2) is 54.8 Å². The van der Waals surface area contributed by atoms with E-state index in [9.17, 15) is 0 Å². The van der Waals surface area contributed by atoms with Gasteiger partial charge in [-0.15, -0.1) is 0 Å². The lowest BCUT2D eigenvalue weighted by molar-refractivity contribution is 0.728. The van der Waals surface area contributed by atoms with Crippen molar-refractivity contribution in [1.82, 2.24) is 15.0 Å². The van der Waals surface area contributed by atoms with Gasteiger partial charge in [0, 0.05) is 6.54 Å². The van der Waals surface area contributed by atoms with Crippen LogP contribution >= 0.6 is 0 Å². The maximum atomic E-state index is 5.70. The molecule has 1 rings (SSSR count). The minimum Gasteiger partial charge on any atom is -0.328 e. The second kappa shape index (κ2) is 8.49. The Morgan fingerprint density at radius 3 is 1.14 bits per heavy atom. The number of aromatic nitrogens is 3. The normalized spacial score (nSPS) is 10.6. The third-order valence-corrected chi connectivity index (χ3v) is 2.93. The number of nitrogens with zero attached hydrogens (tertiary/aromatic N) is 6. The van der Waals surface area contributed by atoms with Gasteiger partial charge in [0.25, 0.3) is 0 Å². The number of nitrogens with two attached hydrogens (primary N) is 5. The summed E-state index contributed by atoms with van der Waals surface area (Å²) in [6, 6.07) is 0. The van der Waals surface area contributed by atoms with E-state index in [1.807, 2.05) is 6.92 Å². The van der Waals surface area contributed by atoms with Crippen LogP contribution in [0.2, 0.25) is 0 Å². The van der Waals surface area contributed by atoms with E-state index in [4.69, 9.17) is 28.7 Å². The molecule has 0 saturated carbocycles. The van der Waals surface area contributed by atoms with Crippen molar-refractivity contribution in [2.24, 2.45) is 28.7 Å². The van der Waals surface area contributed by atoms with Gasteiger partial charge >= 0.3 is 0 Å². The fraction of sp³-hybridized carbons (Fsp3) is 0.700. The van der Waals surface area contributed by atoms with Gasteiger partial charge < -0.3 is 43.4 Å². The van der Waals surface area contributed by atoms with Crippen molar-refractivity contribution in [3.63, 3.8) is 0 Å². The second-order valence-corrected chi connectivity index (χ2v) is 4.08.